The number of rotatable bonds is 4. The predicted molar refractivity (Wildman–Crippen MR) is 112 cm³/mol. The number of methoxy groups -OCH3 is 1. The number of fused-ring (bicyclic) bond motifs is 1. The molecule has 1 fully saturated rings. The zero-order valence-corrected chi connectivity index (χ0v) is 17.2. The van der Waals surface area contributed by atoms with Crippen LogP contribution in [0.5, 0.6) is 10.9 Å². The average molecular weight is 397 g/mol. The maximum Gasteiger partial charge on any atom is 0.274 e. The third-order valence-electron chi connectivity index (χ3n) is 5.20. The molecule has 0 saturated carbocycles. The second kappa shape index (κ2) is 7.80. The minimum atomic E-state index is 0.0881. The van der Waals surface area contributed by atoms with Crippen molar-refractivity contribution in [2.75, 3.05) is 20.2 Å². The Morgan fingerprint density at radius 3 is 2.68 bits per heavy atom. The van der Waals surface area contributed by atoms with Gasteiger partial charge in [0, 0.05) is 37.6 Å². The van der Waals surface area contributed by atoms with Gasteiger partial charge in [0.05, 0.1) is 17.3 Å². The Hall–Kier alpha value is -2.60. The Kier molecular flexibility index (Phi) is 5.22. The number of ether oxygens (including phenoxy) is 2. The van der Waals surface area contributed by atoms with Crippen LogP contribution in [0.25, 0.3) is 10.2 Å². The highest BCUT2D eigenvalue weighted by Gasteiger charge is 2.26. The van der Waals surface area contributed by atoms with Gasteiger partial charge in [-0.15, -0.1) is 0 Å². The number of carbonyl (C=O) groups is 1. The molecule has 0 N–H and O–H groups in total. The molecule has 0 spiro atoms. The van der Waals surface area contributed by atoms with Crippen LogP contribution in [0, 0.1) is 13.8 Å². The molecule has 1 amide bonds. The number of aryl methyl sites for hydroxylation is 2. The van der Waals surface area contributed by atoms with Gasteiger partial charge in [-0.05, 0) is 37.6 Å². The molecule has 1 aliphatic rings. The van der Waals surface area contributed by atoms with Crippen LogP contribution in [0.1, 0.15) is 34.3 Å². The van der Waals surface area contributed by atoms with Crippen molar-refractivity contribution >= 4 is 27.5 Å². The smallest absolute Gasteiger partial charge is 0.274 e. The van der Waals surface area contributed by atoms with E-state index in [1.165, 1.54) is 0 Å². The van der Waals surface area contributed by atoms with Crippen LogP contribution in [-0.4, -0.2) is 42.1 Å². The van der Waals surface area contributed by atoms with E-state index in [1.807, 2.05) is 55.1 Å². The lowest BCUT2D eigenvalue weighted by Crippen LogP contribution is -2.42. The third kappa shape index (κ3) is 3.83. The second-order valence-electron chi connectivity index (χ2n) is 7.24. The number of benzene rings is 2. The Bertz CT molecular complexity index is 1010. The zero-order chi connectivity index (χ0) is 19.7. The van der Waals surface area contributed by atoms with Crippen molar-refractivity contribution in [3.63, 3.8) is 0 Å². The van der Waals surface area contributed by atoms with E-state index >= 15 is 0 Å². The molecule has 0 unspecified atom stereocenters. The highest BCUT2D eigenvalue weighted by molar-refractivity contribution is 7.20. The van der Waals surface area contributed by atoms with Crippen LogP contribution in [0.2, 0.25) is 0 Å². The molecule has 0 radical (unpaired) electrons. The van der Waals surface area contributed by atoms with Gasteiger partial charge in [-0.3, -0.25) is 4.79 Å². The Balaban J connectivity index is 1.39. The van der Waals surface area contributed by atoms with Crippen LogP contribution in [0.15, 0.2) is 36.4 Å². The van der Waals surface area contributed by atoms with Crippen molar-refractivity contribution in [2.45, 2.75) is 32.8 Å². The summed E-state index contributed by atoms with van der Waals surface area (Å²) in [5.74, 6) is 0.911. The van der Waals surface area contributed by atoms with Crippen molar-refractivity contribution in [2.24, 2.45) is 0 Å². The van der Waals surface area contributed by atoms with Gasteiger partial charge in [-0.1, -0.05) is 29.0 Å². The lowest BCUT2D eigenvalue weighted by molar-refractivity contribution is 0.0595. The van der Waals surface area contributed by atoms with Crippen molar-refractivity contribution < 1.29 is 14.3 Å². The summed E-state index contributed by atoms with van der Waals surface area (Å²) in [6.45, 7) is 5.42. The molecule has 1 aliphatic heterocycles. The quantitative estimate of drug-likeness (QED) is 0.646. The minimum absolute atomic E-state index is 0.0881. The Labute approximate surface area is 168 Å². The maximum atomic E-state index is 12.9. The molecule has 2 aromatic carbocycles. The van der Waals surface area contributed by atoms with Gasteiger partial charge in [-0.2, -0.15) is 0 Å². The minimum Gasteiger partial charge on any atom is -0.497 e. The van der Waals surface area contributed by atoms with Gasteiger partial charge in [0.25, 0.3) is 11.1 Å². The Morgan fingerprint density at radius 2 is 1.93 bits per heavy atom. The summed E-state index contributed by atoms with van der Waals surface area (Å²) >= 11 is 1.55. The third-order valence-corrected chi connectivity index (χ3v) is 6.12. The van der Waals surface area contributed by atoms with Crippen molar-refractivity contribution in [1.29, 1.82) is 0 Å². The molecule has 2 heterocycles. The second-order valence-corrected chi connectivity index (χ2v) is 8.23. The molecule has 1 saturated heterocycles. The molecule has 4 rings (SSSR count). The lowest BCUT2D eigenvalue weighted by atomic mass is 10.0. The van der Waals surface area contributed by atoms with E-state index in [0.717, 1.165) is 45.5 Å². The number of piperidine rings is 1. The van der Waals surface area contributed by atoms with Gasteiger partial charge in [-0.25, -0.2) is 4.98 Å². The standard InChI is InChI=1S/C22H24N2O3S/c1-14-4-5-15(2)18(12-14)21(25)24-10-8-16(9-11-24)27-22-23-19-13-17(26-3)6-7-20(19)28-22/h4-7,12-13,16H,8-11H2,1-3H3. The van der Waals surface area contributed by atoms with E-state index in [1.54, 1.807) is 18.4 Å². The summed E-state index contributed by atoms with van der Waals surface area (Å²) in [7, 11) is 1.65. The fraction of sp³-hybridized carbons (Fsp3) is 0.364. The van der Waals surface area contributed by atoms with Crippen molar-refractivity contribution in [1.82, 2.24) is 9.88 Å². The lowest BCUT2D eigenvalue weighted by Gasteiger charge is -2.32. The molecule has 146 valence electrons. The summed E-state index contributed by atoms with van der Waals surface area (Å²) in [6.07, 6.45) is 1.72. The first-order chi connectivity index (χ1) is 13.5. The first-order valence-corrected chi connectivity index (χ1v) is 10.3. The average Bonchev–Trinajstić information content (AvgIpc) is 3.11. The van der Waals surface area contributed by atoms with Crippen LogP contribution < -0.4 is 9.47 Å². The van der Waals surface area contributed by atoms with E-state index in [0.29, 0.717) is 18.3 Å². The number of thiazole rings is 1. The van der Waals surface area contributed by atoms with Crippen molar-refractivity contribution in [3.05, 3.63) is 53.1 Å². The van der Waals surface area contributed by atoms with Crippen LogP contribution in [0.4, 0.5) is 0 Å². The number of carbonyl (C=O) groups excluding carboxylic acids is 1. The SMILES string of the molecule is COc1ccc2sc(OC3CCN(C(=O)c4cc(C)ccc4C)CC3)nc2c1. The highest BCUT2D eigenvalue weighted by Crippen LogP contribution is 2.32. The summed E-state index contributed by atoms with van der Waals surface area (Å²) in [4.78, 5) is 19.4. The van der Waals surface area contributed by atoms with Gasteiger partial charge in [0.15, 0.2) is 0 Å². The monoisotopic (exact) mass is 396 g/mol. The van der Waals surface area contributed by atoms with E-state index in [-0.39, 0.29) is 12.0 Å². The summed E-state index contributed by atoms with van der Waals surface area (Å²) in [6, 6.07) is 11.9. The molecule has 0 bridgehead atoms. The fourth-order valence-corrected chi connectivity index (χ4v) is 4.38. The molecule has 6 heteroatoms. The van der Waals surface area contributed by atoms with Gasteiger partial charge >= 0.3 is 0 Å². The molecule has 0 aliphatic carbocycles. The predicted octanol–water partition coefficient (Wildman–Crippen LogP) is 4.61. The van der Waals surface area contributed by atoms with Gasteiger partial charge in [0.1, 0.15) is 11.9 Å². The number of aromatic nitrogens is 1. The number of amides is 1. The maximum absolute atomic E-state index is 12.9. The number of likely N-dealkylation sites (tertiary alicyclic amines) is 1. The van der Waals surface area contributed by atoms with Crippen LogP contribution >= 0.6 is 11.3 Å². The van der Waals surface area contributed by atoms with E-state index in [2.05, 4.69) is 4.98 Å². The summed E-state index contributed by atoms with van der Waals surface area (Å²) < 4.78 is 12.5. The Morgan fingerprint density at radius 1 is 1.14 bits per heavy atom. The number of hydrogen-bond donors (Lipinski definition) is 0. The van der Waals surface area contributed by atoms with Crippen LogP contribution in [-0.2, 0) is 0 Å². The highest BCUT2D eigenvalue weighted by atomic mass is 32.1. The molecule has 28 heavy (non-hydrogen) atoms. The largest absolute Gasteiger partial charge is 0.497 e. The molecular formula is C22H24N2O3S. The molecule has 1 aromatic heterocycles. The fourth-order valence-electron chi connectivity index (χ4n) is 3.52. The first-order valence-electron chi connectivity index (χ1n) is 9.51. The molecule has 5 nitrogen and oxygen atoms in total. The topological polar surface area (TPSA) is 51.7 Å². The molecule has 0 atom stereocenters. The first kappa shape index (κ1) is 18.7. The number of hydrogen-bond acceptors (Lipinski definition) is 5. The molecular weight excluding hydrogens is 372 g/mol. The van der Waals surface area contributed by atoms with Gasteiger partial charge in [0.2, 0.25) is 0 Å². The normalized spacial score (nSPS) is 15.0. The van der Waals surface area contributed by atoms with E-state index < -0.39 is 0 Å². The van der Waals surface area contributed by atoms with Crippen molar-refractivity contribution in [3.8, 4) is 10.9 Å². The van der Waals surface area contributed by atoms with E-state index in [4.69, 9.17) is 9.47 Å². The van der Waals surface area contributed by atoms with Crippen LogP contribution in [0.3, 0.4) is 0 Å². The summed E-state index contributed by atoms with van der Waals surface area (Å²) in [5.41, 5.74) is 3.83. The summed E-state index contributed by atoms with van der Waals surface area (Å²) in [5, 5.41) is 0.683. The zero-order valence-electron chi connectivity index (χ0n) is 16.4. The number of nitrogens with zero attached hydrogens (tertiary/aromatic N) is 2. The molecule has 3 aromatic rings. The van der Waals surface area contributed by atoms with E-state index in [9.17, 15) is 4.79 Å². The van der Waals surface area contributed by atoms with Gasteiger partial charge < -0.3 is 14.4 Å².